The fraction of sp³-hybridized carbons (Fsp3) is 1.00. The summed E-state index contributed by atoms with van der Waals surface area (Å²) < 4.78 is 0. The van der Waals surface area contributed by atoms with Crippen LogP contribution in [0, 0.1) is 5.92 Å². The quantitative estimate of drug-likeness (QED) is 0.607. The van der Waals surface area contributed by atoms with E-state index < -0.39 is 0 Å². The van der Waals surface area contributed by atoms with Crippen molar-refractivity contribution in [3.8, 4) is 0 Å². The summed E-state index contributed by atoms with van der Waals surface area (Å²) in [5, 5.41) is 3.19. The first-order chi connectivity index (χ1) is 4.73. The molecule has 0 saturated heterocycles. The Balaban J connectivity index is 2.33. The van der Waals surface area contributed by atoms with Gasteiger partial charge in [-0.15, -0.1) is 0 Å². The van der Waals surface area contributed by atoms with Crippen LogP contribution in [0.25, 0.3) is 0 Å². The Morgan fingerprint density at radius 2 is 2.20 bits per heavy atom. The summed E-state index contributed by atoms with van der Waals surface area (Å²) in [4.78, 5) is 0. The molecule has 2 heteroatoms. The predicted octanol–water partition coefficient (Wildman–Crippen LogP) is 0.723. The van der Waals surface area contributed by atoms with Crippen molar-refractivity contribution in [3.05, 3.63) is 0 Å². The van der Waals surface area contributed by atoms with E-state index in [0.29, 0.717) is 5.92 Å². The largest absolute Gasteiger partial charge is 0.325 e. The Kier molecular flexibility index (Phi) is 2.32. The van der Waals surface area contributed by atoms with Crippen molar-refractivity contribution in [2.75, 3.05) is 13.6 Å². The summed E-state index contributed by atoms with van der Waals surface area (Å²) in [5.74, 6) is 0.692. The van der Waals surface area contributed by atoms with Gasteiger partial charge in [0.25, 0.3) is 0 Å². The smallest absolute Gasteiger partial charge is 0.0196 e. The first-order valence-electron chi connectivity index (χ1n) is 4.16. The van der Waals surface area contributed by atoms with Crippen LogP contribution in [-0.2, 0) is 0 Å². The highest BCUT2D eigenvalue weighted by Crippen LogP contribution is 2.40. The summed E-state index contributed by atoms with van der Waals surface area (Å²) in [6.07, 6.45) is 3.66. The molecule has 1 saturated carbocycles. The molecule has 0 radical (unpaired) electrons. The van der Waals surface area contributed by atoms with Crippen LogP contribution in [-0.4, -0.2) is 19.1 Å². The molecule has 0 amide bonds. The topological polar surface area (TPSA) is 38.0 Å². The van der Waals surface area contributed by atoms with Crippen molar-refractivity contribution in [3.63, 3.8) is 0 Å². The number of nitrogens with one attached hydrogen (secondary N) is 1. The number of hydrogen-bond donors (Lipinski definition) is 2. The lowest BCUT2D eigenvalue weighted by atomic mass is 9.95. The summed E-state index contributed by atoms with van der Waals surface area (Å²) in [6, 6.07) is 0. The number of rotatable bonds is 4. The highest BCUT2D eigenvalue weighted by Gasteiger charge is 2.43. The van der Waals surface area contributed by atoms with E-state index in [-0.39, 0.29) is 5.54 Å². The molecule has 1 aliphatic rings. The summed E-state index contributed by atoms with van der Waals surface area (Å²) in [6.45, 7) is 3.29. The van der Waals surface area contributed by atoms with Crippen molar-refractivity contribution in [2.24, 2.45) is 11.7 Å². The molecular weight excluding hydrogens is 124 g/mol. The third-order valence-electron chi connectivity index (χ3n) is 2.58. The van der Waals surface area contributed by atoms with Crippen LogP contribution in [0.2, 0.25) is 0 Å². The van der Waals surface area contributed by atoms with Crippen LogP contribution in [0.1, 0.15) is 26.2 Å². The van der Waals surface area contributed by atoms with Gasteiger partial charge in [-0.25, -0.2) is 0 Å². The molecule has 1 fully saturated rings. The van der Waals surface area contributed by atoms with Crippen LogP contribution in [0.4, 0.5) is 0 Å². The van der Waals surface area contributed by atoms with Crippen molar-refractivity contribution >= 4 is 0 Å². The number of hydrogen-bond acceptors (Lipinski definition) is 2. The fourth-order valence-electron chi connectivity index (χ4n) is 1.55. The molecule has 60 valence electrons. The first kappa shape index (κ1) is 8.02. The molecule has 0 aliphatic heterocycles. The van der Waals surface area contributed by atoms with Gasteiger partial charge in [0.05, 0.1) is 0 Å². The van der Waals surface area contributed by atoms with E-state index >= 15 is 0 Å². The Hall–Kier alpha value is -0.0800. The molecule has 10 heavy (non-hydrogen) atoms. The molecule has 1 rings (SSSR count). The van der Waals surface area contributed by atoms with Crippen LogP contribution < -0.4 is 11.1 Å². The van der Waals surface area contributed by atoms with Crippen molar-refractivity contribution in [1.29, 1.82) is 0 Å². The first-order valence-corrected chi connectivity index (χ1v) is 4.16. The zero-order valence-electron chi connectivity index (χ0n) is 6.98. The average molecular weight is 142 g/mol. The average Bonchev–Trinajstić information content (AvgIpc) is 2.64. The second kappa shape index (κ2) is 2.89. The van der Waals surface area contributed by atoms with Gasteiger partial charge in [0.1, 0.15) is 0 Å². The molecule has 0 aromatic carbocycles. The lowest BCUT2D eigenvalue weighted by Crippen LogP contribution is -2.37. The lowest BCUT2D eigenvalue weighted by molar-refractivity contribution is 0.378. The Morgan fingerprint density at radius 1 is 1.60 bits per heavy atom. The Morgan fingerprint density at radius 3 is 2.50 bits per heavy atom. The molecule has 0 spiro atoms. The van der Waals surface area contributed by atoms with E-state index in [4.69, 9.17) is 5.73 Å². The van der Waals surface area contributed by atoms with Gasteiger partial charge in [-0.05, 0) is 32.4 Å². The maximum Gasteiger partial charge on any atom is 0.0196 e. The predicted molar refractivity (Wildman–Crippen MR) is 43.9 cm³/mol. The van der Waals surface area contributed by atoms with Crippen LogP contribution in [0.3, 0.4) is 0 Å². The molecule has 0 aromatic rings. The third kappa shape index (κ3) is 1.50. The molecule has 0 aromatic heterocycles. The summed E-state index contributed by atoms with van der Waals surface area (Å²) in [5.41, 5.74) is 6.25. The number of nitrogens with two attached hydrogens (primary N) is 1. The molecule has 1 aliphatic carbocycles. The molecule has 2 nitrogen and oxygen atoms in total. The zero-order valence-corrected chi connectivity index (χ0v) is 6.98. The van der Waals surface area contributed by atoms with Gasteiger partial charge in [0.2, 0.25) is 0 Å². The second-order valence-electron chi connectivity index (χ2n) is 3.40. The maximum absolute atomic E-state index is 6.05. The summed E-state index contributed by atoms with van der Waals surface area (Å²) in [7, 11) is 1.99. The molecule has 1 atom stereocenters. The molecule has 0 heterocycles. The zero-order chi connectivity index (χ0) is 7.61. The van der Waals surface area contributed by atoms with Gasteiger partial charge in [-0.2, -0.15) is 0 Å². The maximum atomic E-state index is 6.05. The minimum Gasteiger partial charge on any atom is -0.325 e. The van der Waals surface area contributed by atoms with Gasteiger partial charge in [-0.1, -0.05) is 13.3 Å². The minimum absolute atomic E-state index is 0.206. The Labute approximate surface area is 63.2 Å². The molecule has 3 N–H and O–H groups in total. The second-order valence-corrected chi connectivity index (χ2v) is 3.40. The third-order valence-corrected chi connectivity index (χ3v) is 2.58. The molecule has 1 unspecified atom stereocenters. The highest BCUT2D eigenvalue weighted by molar-refractivity contribution is 5.03. The van der Waals surface area contributed by atoms with E-state index in [1.165, 1.54) is 19.3 Å². The van der Waals surface area contributed by atoms with Gasteiger partial charge in [0, 0.05) is 5.54 Å². The van der Waals surface area contributed by atoms with E-state index in [1.807, 2.05) is 7.05 Å². The monoisotopic (exact) mass is 142 g/mol. The van der Waals surface area contributed by atoms with Gasteiger partial charge in [0.15, 0.2) is 0 Å². The van der Waals surface area contributed by atoms with E-state index in [1.54, 1.807) is 0 Å². The fourth-order valence-corrected chi connectivity index (χ4v) is 1.55. The van der Waals surface area contributed by atoms with Crippen molar-refractivity contribution in [1.82, 2.24) is 5.32 Å². The Bertz CT molecular complexity index is 108. The van der Waals surface area contributed by atoms with Gasteiger partial charge >= 0.3 is 0 Å². The standard InChI is InChI=1S/C8H18N2/c1-3-7(6-10-2)8(9)4-5-8/h7,10H,3-6,9H2,1-2H3. The van der Waals surface area contributed by atoms with Crippen LogP contribution in [0.5, 0.6) is 0 Å². The van der Waals surface area contributed by atoms with E-state index in [9.17, 15) is 0 Å². The SMILES string of the molecule is CCC(CNC)C1(N)CC1. The van der Waals surface area contributed by atoms with Crippen molar-refractivity contribution < 1.29 is 0 Å². The van der Waals surface area contributed by atoms with Gasteiger partial charge < -0.3 is 11.1 Å². The highest BCUT2D eigenvalue weighted by atomic mass is 14.9. The van der Waals surface area contributed by atoms with E-state index in [2.05, 4.69) is 12.2 Å². The van der Waals surface area contributed by atoms with Crippen LogP contribution in [0.15, 0.2) is 0 Å². The van der Waals surface area contributed by atoms with Gasteiger partial charge in [-0.3, -0.25) is 0 Å². The molecule has 0 bridgehead atoms. The van der Waals surface area contributed by atoms with E-state index in [0.717, 1.165) is 6.54 Å². The minimum atomic E-state index is 0.206. The molecular formula is C8H18N2. The normalized spacial score (nSPS) is 24.3. The van der Waals surface area contributed by atoms with Crippen LogP contribution >= 0.6 is 0 Å². The summed E-state index contributed by atoms with van der Waals surface area (Å²) >= 11 is 0. The van der Waals surface area contributed by atoms with Crippen molar-refractivity contribution in [2.45, 2.75) is 31.7 Å². The lowest BCUT2D eigenvalue weighted by Gasteiger charge is -2.21.